The zero-order valence-electron chi connectivity index (χ0n) is 23.2. The van der Waals surface area contributed by atoms with Crippen LogP contribution >= 0.6 is 0 Å². The molecule has 2 amide bonds. The van der Waals surface area contributed by atoms with Gasteiger partial charge in [-0.05, 0) is 62.5 Å². The van der Waals surface area contributed by atoms with Gasteiger partial charge in [-0.3, -0.25) is 4.84 Å². The summed E-state index contributed by atoms with van der Waals surface area (Å²) in [5, 5.41) is 10.6. The number of hydrogen-bond acceptors (Lipinski definition) is 7. The fourth-order valence-electron chi connectivity index (χ4n) is 5.26. The molecular weight excluding hydrogens is 486 g/mol. The van der Waals surface area contributed by atoms with Crippen LogP contribution in [0.15, 0.2) is 34.7 Å². The molecule has 1 unspecified atom stereocenters. The summed E-state index contributed by atoms with van der Waals surface area (Å²) in [6, 6.07) is 9.67. The number of hydrogen-bond donors (Lipinski definition) is 0. The summed E-state index contributed by atoms with van der Waals surface area (Å²) < 4.78 is 13.0. The number of amides is 2. The molecule has 1 aromatic carbocycles. The third-order valence-electron chi connectivity index (χ3n) is 8.67. The summed E-state index contributed by atoms with van der Waals surface area (Å²) in [4.78, 5) is 23.5. The Morgan fingerprint density at radius 1 is 1.19 bits per heavy atom. The predicted octanol–water partition coefficient (Wildman–Crippen LogP) is 5.16. The summed E-state index contributed by atoms with van der Waals surface area (Å²) in [6.07, 6.45) is 2.67. The third kappa shape index (κ3) is 5.08. The van der Waals surface area contributed by atoms with Crippen molar-refractivity contribution in [2.75, 3.05) is 27.2 Å². The summed E-state index contributed by atoms with van der Waals surface area (Å²) in [7, 11) is 1.96. The molecule has 0 radical (unpaired) electrons. The zero-order valence-corrected chi connectivity index (χ0v) is 24.2. The van der Waals surface area contributed by atoms with E-state index in [0.717, 1.165) is 24.8 Å². The van der Waals surface area contributed by atoms with Crippen LogP contribution in [0.2, 0.25) is 18.1 Å². The SMILES string of the molecule is CN(C)C[C@H](O[Si](C)(C)C(C)(C)C)c1nnc(C2CC3(CC3)[C@H]3CN2C(=O)N3OCc2ccccc2)o1. The van der Waals surface area contributed by atoms with E-state index in [1.807, 2.05) is 49.3 Å². The second-order valence-corrected chi connectivity index (χ2v) is 17.5. The number of aromatic nitrogens is 2. The van der Waals surface area contributed by atoms with Crippen molar-refractivity contribution in [1.29, 1.82) is 0 Å². The summed E-state index contributed by atoms with van der Waals surface area (Å²) in [5.41, 5.74) is 1.10. The van der Waals surface area contributed by atoms with Gasteiger partial charge in [0, 0.05) is 13.1 Å². The first-order valence-corrected chi connectivity index (χ1v) is 16.2. The Morgan fingerprint density at radius 2 is 1.89 bits per heavy atom. The minimum Gasteiger partial charge on any atom is -0.420 e. The number of rotatable bonds is 9. The lowest BCUT2D eigenvalue weighted by molar-refractivity contribution is -0.153. The second-order valence-electron chi connectivity index (χ2n) is 12.7. The smallest absolute Gasteiger partial charge is 0.345 e. The van der Waals surface area contributed by atoms with Crippen LogP contribution in [-0.2, 0) is 15.9 Å². The summed E-state index contributed by atoms with van der Waals surface area (Å²) in [6.45, 7) is 12.8. The molecule has 2 aliphatic heterocycles. The van der Waals surface area contributed by atoms with Crippen molar-refractivity contribution >= 4 is 14.3 Å². The molecule has 37 heavy (non-hydrogen) atoms. The van der Waals surface area contributed by atoms with Gasteiger partial charge in [0.2, 0.25) is 11.8 Å². The quantitative estimate of drug-likeness (QED) is 0.417. The lowest BCUT2D eigenvalue weighted by atomic mass is 9.85. The highest BCUT2D eigenvalue weighted by atomic mass is 28.4. The normalized spacial score (nSPS) is 23.8. The molecule has 0 N–H and O–H groups in total. The Morgan fingerprint density at radius 3 is 2.51 bits per heavy atom. The minimum absolute atomic E-state index is 0.0549. The molecule has 2 aromatic rings. The highest BCUT2D eigenvalue weighted by Gasteiger charge is 2.64. The Labute approximate surface area is 221 Å². The number of fused-ring (bicyclic) bond motifs is 3. The average Bonchev–Trinajstić information content (AvgIpc) is 3.30. The number of urea groups is 1. The highest BCUT2D eigenvalue weighted by Crippen LogP contribution is 2.61. The summed E-state index contributed by atoms with van der Waals surface area (Å²) >= 11 is 0. The molecule has 10 heteroatoms. The molecule has 3 aliphatic rings. The highest BCUT2D eigenvalue weighted by molar-refractivity contribution is 6.74. The van der Waals surface area contributed by atoms with Crippen molar-refractivity contribution in [1.82, 2.24) is 25.1 Å². The Kier molecular flexibility index (Phi) is 6.75. The molecular formula is C27H41N5O4Si. The molecule has 1 aliphatic carbocycles. The van der Waals surface area contributed by atoms with Crippen molar-refractivity contribution in [3.63, 3.8) is 0 Å². The topological polar surface area (TPSA) is 84.2 Å². The van der Waals surface area contributed by atoms with Gasteiger partial charge in [-0.2, -0.15) is 5.06 Å². The van der Waals surface area contributed by atoms with Crippen molar-refractivity contribution in [2.24, 2.45) is 5.41 Å². The van der Waals surface area contributed by atoms with Crippen molar-refractivity contribution < 1.29 is 18.5 Å². The molecule has 2 bridgehead atoms. The minimum atomic E-state index is -2.07. The van der Waals surface area contributed by atoms with Crippen LogP contribution < -0.4 is 0 Å². The van der Waals surface area contributed by atoms with E-state index < -0.39 is 8.32 Å². The van der Waals surface area contributed by atoms with Gasteiger partial charge >= 0.3 is 6.03 Å². The van der Waals surface area contributed by atoms with Crippen LogP contribution in [0.1, 0.15) is 69.5 Å². The van der Waals surface area contributed by atoms with Gasteiger partial charge in [-0.25, -0.2) is 4.79 Å². The lowest BCUT2D eigenvalue weighted by Crippen LogP contribution is -2.43. The number of nitrogens with zero attached hydrogens (tertiary/aromatic N) is 5. The number of carbonyl (C=O) groups is 1. The van der Waals surface area contributed by atoms with Gasteiger partial charge < -0.3 is 18.6 Å². The fourth-order valence-corrected chi connectivity index (χ4v) is 6.50. The Bertz CT molecular complexity index is 1110. The first-order chi connectivity index (χ1) is 17.4. The lowest BCUT2D eigenvalue weighted by Gasteiger charge is -2.39. The van der Waals surface area contributed by atoms with E-state index >= 15 is 0 Å². The largest absolute Gasteiger partial charge is 0.420 e. The number of likely N-dealkylation sites (N-methyl/N-ethyl adjacent to an activating group) is 1. The number of hydroxylamine groups is 2. The standard InChI is InChI=1S/C27H41N5O4Si/c1-26(2,3)37(6,7)36-21(16-30(4)5)24-29-28-23(35-24)20-15-27(13-14-27)22-17-31(20)25(33)32(22)34-18-19-11-9-8-10-12-19/h8-12,20-22H,13-18H2,1-7H3/t20?,21-,22+/m0/s1. The first kappa shape index (κ1) is 26.3. The maximum absolute atomic E-state index is 13.5. The van der Waals surface area contributed by atoms with Crippen LogP contribution in [0.5, 0.6) is 0 Å². The predicted molar refractivity (Wildman–Crippen MR) is 142 cm³/mol. The van der Waals surface area contributed by atoms with E-state index in [1.54, 1.807) is 5.06 Å². The van der Waals surface area contributed by atoms with Crippen LogP contribution in [0.25, 0.3) is 0 Å². The van der Waals surface area contributed by atoms with Gasteiger partial charge in [0.15, 0.2) is 8.32 Å². The molecule has 3 heterocycles. The summed E-state index contributed by atoms with van der Waals surface area (Å²) in [5.74, 6) is 0.991. The van der Waals surface area contributed by atoms with Crippen LogP contribution in [0, 0.1) is 5.41 Å². The number of benzene rings is 1. The van der Waals surface area contributed by atoms with E-state index in [2.05, 4.69) is 49.0 Å². The number of piperidine rings is 1. The van der Waals surface area contributed by atoms with Crippen LogP contribution in [-0.4, -0.2) is 72.6 Å². The van der Waals surface area contributed by atoms with Crippen molar-refractivity contribution in [2.45, 2.75) is 83.0 Å². The number of carbonyl (C=O) groups excluding carboxylic acids is 1. The van der Waals surface area contributed by atoms with E-state index in [1.165, 1.54) is 0 Å². The molecule has 1 spiro atoms. The Hall–Kier alpha value is -2.27. The molecule has 2 saturated heterocycles. The van der Waals surface area contributed by atoms with Crippen LogP contribution in [0.4, 0.5) is 4.79 Å². The molecule has 202 valence electrons. The van der Waals surface area contributed by atoms with Gasteiger partial charge in [0.25, 0.3) is 0 Å². The molecule has 1 aromatic heterocycles. The third-order valence-corrected chi connectivity index (χ3v) is 13.2. The van der Waals surface area contributed by atoms with Gasteiger partial charge in [-0.15, -0.1) is 10.2 Å². The van der Waals surface area contributed by atoms with Gasteiger partial charge in [0.05, 0.1) is 6.04 Å². The average molecular weight is 528 g/mol. The van der Waals surface area contributed by atoms with Gasteiger partial charge in [0.1, 0.15) is 18.8 Å². The maximum atomic E-state index is 13.5. The molecule has 3 atom stereocenters. The first-order valence-electron chi connectivity index (χ1n) is 13.3. The van der Waals surface area contributed by atoms with Crippen LogP contribution in [0.3, 0.4) is 0 Å². The molecule has 9 nitrogen and oxygen atoms in total. The molecule has 1 saturated carbocycles. The molecule has 5 rings (SSSR count). The fraction of sp³-hybridized carbons (Fsp3) is 0.667. The second kappa shape index (κ2) is 9.48. The zero-order chi connectivity index (χ0) is 26.6. The van der Waals surface area contributed by atoms with Gasteiger partial charge in [-0.1, -0.05) is 51.1 Å². The van der Waals surface area contributed by atoms with E-state index in [9.17, 15) is 4.79 Å². The van der Waals surface area contributed by atoms with Crippen molar-refractivity contribution in [3.05, 3.63) is 47.7 Å². The Balaban J connectivity index is 1.35. The maximum Gasteiger partial charge on any atom is 0.345 e. The van der Waals surface area contributed by atoms with E-state index in [4.69, 9.17) is 13.7 Å². The molecule has 3 fully saturated rings. The monoisotopic (exact) mass is 527 g/mol. The van der Waals surface area contributed by atoms with E-state index in [0.29, 0.717) is 31.5 Å². The van der Waals surface area contributed by atoms with E-state index in [-0.39, 0.29) is 34.7 Å². The van der Waals surface area contributed by atoms with Crippen molar-refractivity contribution in [3.8, 4) is 0 Å².